The molecule has 0 aliphatic heterocycles. The summed E-state index contributed by atoms with van der Waals surface area (Å²) in [5, 5.41) is 9.99. The van der Waals surface area contributed by atoms with Crippen LogP contribution in [0.2, 0.25) is 0 Å². The van der Waals surface area contributed by atoms with Gasteiger partial charge in [-0.3, -0.25) is 0 Å². The number of hydrogen-bond donors (Lipinski definition) is 0. The van der Waals surface area contributed by atoms with Crippen LogP contribution in [0.4, 0.5) is 0 Å². The topological polar surface area (TPSA) is 66.4 Å². The average Bonchev–Trinajstić information content (AvgIpc) is 1.98. The summed E-state index contributed by atoms with van der Waals surface area (Å²) < 4.78 is 4.51. The number of carboxylic acids is 1. The van der Waals surface area contributed by atoms with Crippen molar-refractivity contribution in [3.05, 3.63) is 24.8 Å². The molecular weight excluding hydrogens is 367 g/mol. The van der Waals surface area contributed by atoms with E-state index in [1.165, 1.54) is 6.08 Å². The molecule has 0 atom stereocenters. The van der Waals surface area contributed by atoms with Crippen molar-refractivity contribution in [2.24, 2.45) is 0 Å². The molecule has 0 saturated carbocycles. The van der Waals surface area contributed by atoms with Crippen molar-refractivity contribution in [2.75, 3.05) is 6.61 Å². The van der Waals surface area contributed by atoms with Crippen molar-refractivity contribution in [3.63, 3.8) is 0 Å². The molecule has 4 nitrogen and oxygen atoms in total. The van der Waals surface area contributed by atoms with Crippen LogP contribution < -0.4 is 5.11 Å². The van der Waals surface area contributed by atoms with Gasteiger partial charge in [0.25, 0.3) is 0 Å². The van der Waals surface area contributed by atoms with Gasteiger partial charge in [0, 0.05) is 45.3 Å². The Labute approximate surface area is 96.4 Å². The molecule has 13 heavy (non-hydrogen) atoms. The molecule has 0 aromatic heterocycles. The second-order valence-electron chi connectivity index (χ2n) is 2.04. The van der Waals surface area contributed by atoms with Crippen molar-refractivity contribution in [1.82, 2.24) is 0 Å². The first kappa shape index (κ1) is 14.8. The van der Waals surface area contributed by atoms with Crippen LogP contribution in [0.3, 0.4) is 0 Å². The van der Waals surface area contributed by atoms with Gasteiger partial charge in [-0.1, -0.05) is 19.2 Å². The molecule has 0 aromatic rings. The third kappa shape index (κ3) is 7.69. The second-order valence-corrected chi connectivity index (χ2v) is 2.04. The minimum atomic E-state index is -1.35. The van der Waals surface area contributed by atoms with E-state index < -0.39 is 18.4 Å². The summed E-state index contributed by atoms with van der Waals surface area (Å²) in [4.78, 5) is 20.8. The van der Waals surface area contributed by atoms with Gasteiger partial charge in [-0.25, -0.2) is 4.79 Å². The summed E-state index contributed by atoms with van der Waals surface area (Å²) in [6.45, 7) is 6.58. The first-order chi connectivity index (χ1) is 5.57. The molecule has 0 unspecified atom stereocenters. The number of esters is 1. The van der Waals surface area contributed by atoms with Crippen LogP contribution in [0, 0.1) is 0 Å². The number of rotatable bonds is 5. The summed E-state index contributed by atoms with van der Waals surface area (Å²) in [6.07, 6.45) is 0.875. The zero-order valence-electron chi connectivity index (χ0n) is 7.04. The Kier molecular flexibility index (Phi) is 9.09. The van der Waals surface area contributed by atoms with E-state index in [0.717, 1.165) is 0 Å². The monoisotopic (exact) mass is 377 g/mol. The minimum Gasteiger partial charge on any atom is -0.550 e. The third-order valence-corrected chi connectivity index (χ3v) is 0.979. The van der Waals surface area contributed by atoms with E-state index in [-0.39, 0.29) is 39.5 Å². The van der Waals surface area contributed by atoms with Gasteiger partial charge < -0.3 is 14.6 Å². The summed E-state index contributed by atoms with van der Waals surface area (Å²) in [7, 11) is 0. The maximum Gasteiger partial charge on any atom is 0.334 e. The number of aliphatic carboxylic acids is 1. The van der Waals surface area contributed by atoms with Crippen molar-refractivity contribution < 1.29 is 19.4 Å². The molecule has 0 amide bonds. The first-order valence-corrected chi connectivity index (χ1v) is 3.23. The maximum absolute atomic E-state index is 10.8. The molecule has 70 valence electrons. The number of hydrogen-bond acceptors (Lipinski definition) is 4. The fraction of sp³-hybridized carbons (Fsp3) is 0.250. The molecule has 0 N–H and O–H groups in total. The van der Waals surface area contributed by atoms with Crippen molar-refractivity contribution in [2.45, 2.75) is 6.42 Å². The molecule has 0 aliphatic rings. The molecule has 0 aromatic carbocycles. The van der Waals surface area contributed by atoms with Gasteiger partial charge in [-0.2, -0.15) is 0 Å². The van der Waals surface area contributed by atoms with E-state index in [9.17, 15) is 14.7 Å². The van der Waals surface area contributed by atoms with Gasteiger partial charge in [0.15, 0.2) is 0 Å². The summed E-state index contributed by atoms with van der Waals surface area (Å²) >= 11 is 0. The number of carbonyl (C=O) groups is 2. The Bertz CT molecular complexity index is 222. The SMILES string of the molecule is C=CCOC(=O)C(=C)CC(=O)[O-].[Pb]. The van der Waals surface area contributed by atoms with Gasteiger partial charge in [0.2, 0.25) is 0 Å². The van der Waals surface area contributed by atoms with Gasteiger partial charge in [0.05, 0.1) is 0 Å². The average molecular weight is 376 g/mol. The summed E-state index contributed by atoms with van der Waals surface area (Å²) in [5.74, 6) is -2.09. The Morgan fingerprint density at radius 1 is 1.46 bits per heavy atom. The number of ether oxygens (including phenoxy) is 1. The van der Waals surface area contributed by atoms with Gasteiger partial charge in [-0.05, 0) is 0 Å². The van der Waals surface area contributed by atoms with Gasteiger partial charge in [-0.15, -0.1) is 0 Å². The molecule has 0 fully saturated rings. The van der Waals surface area contributed by atoms with Gasteiger partial charge in [0.1, 0.15) is 6.61 Å². The molecule has 5 heteroatoms. The number of carbonyl (C=O) groups excluding carboxylic acids is 2. The van der Waals surface area contributed by atoms with Crippen LogP contribution >= 0.6 is 0 Å². The summed E-state index contributed by atoms with van der Waals surface area (Å²) in [5.41, 5.74) is -0.128. The zero-order chi connectivity index (χ0) is 9.56. The Morgan fingerprint density at radius 3 is 2.38 bits per heavy atom. The van der Waals surface area contributed by atoms with Crippen LogP contribution in [-0.4, -0.2) is 45.8 Å². The van der Waals surface area contributed by atoms with E-state index in [1.807, 2.05) is 0 Å². The smallest absolute Gasteiger partial charge is 0.334 e. The van der Waals surface area contributed by atoms with E-state index >= 15 is 0 Å². The Morgan fingerprint density at radius 2 is 2.00 bits per heavy atom. The predicted octanol–water partition coefficient (Wildman–Crippen LogP) is -0.969. The van der Waals surface area contributed by atoms with Crippen LogP contribution in [0.15, 0.2) is 24.8 Å². The second kappa shape index (κ2) is 7.96. The Balaban J connectivity index is 0. The van der Waals surface area contributed by atoms with Crippen molar-refractivity contribution in [1.29, 1.82) is 0 Å². The van der Waals surface area contributed by atoms with Crippen molar-refractivity contribution >= 4 is 39.2 Å². The molecule has 0 saturated heterocycles. The Hall–Kier alpha value is -0.658. The molecule has 0 rings (SSSR count). The molecule has 0 spiro atoms. The molecule has 0 aliphatic carbocycles. The van der Waals surface area contributed by atoms with Crippen LogP contribution in [0.25, 0.3) is 0 Å². The van der Waals surface area contributed by atoms with Crippen LogP contribution in [0.5, 0.6) is 0 Å². The van der Waals surface area contributed by atoms with Crippen molar-refractivity contribution in [3.8, 4) is 0 Å². The molecule has 0 bridgehead atoms. The normalized spacial score (nSPS) is 8.00. The molecule has 0 heterocycles. The zero-order valence-corrected chi connectivity index (χ0v) is 10.9. The number of carboxylic acid groups (broad SMARTS) is 1. The van der Waals surface area contributed by atoms with E-state index in [2.05, 4.69) is 17.9 Å². The summed E-state index contributed by atoms with van der Waals surface area (Å²) in [6, 6.07) is 0. The predicted molar refractivity (Wildman–Crippen MR) is 45.7 cm³/mol. The van der Waals surface area contributed by atoms with Gasteiger partial charge >= 0.3 is 5.97 Å². The maximum atomic E-state index is 10.8. The molecule has 4 radical (unpaired) electrons. The fourth-order valence-corrected chi connectivity index (χ4v) is 0.483. The fourth-order valence-electron chi connectivity index (χ4n) is 0.483. The van der Waals surface area contributed by atoms with E-state index in [0.29, 0.717) is 0 Å². The minimum absolute atomic E-state index is 0. The van der Waals surface area contributed by atoms with E-state index in [4.69, 9.17) is 0 Å². The third-order valence-electron chi connectivity index (χ3n) is 0.979. The largest absolute Gasteiger partial charge is 0.550 e. The van der Waals surface area contributed by atoms with Crippen LogP contribution in [-0.2, 0) is 14.3 Å². The molecular formula is C8H9O4Pb-. The quantitative estimate of drug-likeness (QED) is 0.268. The van der Waals surface area contributed by atoms with Crippen LogP contribution in [0.1, 0.15) is 6.42 Å². The van der Waals surface area contributed by atoms with E-state index in [1.54, 1.807) is 0 Å². The standard InChI is InChI=1S/C8H10O4.Pb/c1-3-4-12-8(11)6(2)5-7(9)10;/h3H,1-2,4-5H2,(H,9,10);/p-1. The first-order valence-electron chi connectivity index (χ1n) is 3.23.